The minimum Gasteiger partial charge on any atom is -0.324 e. The second-order valence-corrected chi connectivity index (χ2v) is 6.96. The number of hydrogen-bond donors (Lipinski definition) is 1. The molecule has 4 unspecified atom stereocenters. The lowest BCUT2D eigenvalue weighted by molar-refractivity contribution is -0.384. The molecule has 0 aromatic heterocycles. The molecule has 3 amide bonds. The van der Waals surface area contributed by atoms with E-state index in [1.54, 1.807) is 0 Å². The van der Waals surface area contributed by atoms with Gasteiger partial charge in [-0.25, -0.2) is 0 Å². The van der Waals surface area contributed by atoms with E-state index in [1.807, 2.05) is 12.2 Å². The van der Waals surface area contributed by atoms with E-state index >= 15 is 0 Å². The Hall–Kier alpha value is -3.03. The molecule has 26 heavy (non-hydrogen) atoms. The van der Waals surface area contributed by atoms with Crippen molar-refractivity contribution in [1.82, 2.24) is 4.90 Å². The number of nitrogens with one attached hydrogen (secondary N) is 1. The first kappa shape index (κ1) is 16.4. The second-order valence-electron chi connectivity index (χ2n) is 6.96. The SMILES string of the molecule is O=C(CN1C(=O)C2C3C=CC(CC3)C2C1=O)Nc1cccc([N+](=O)[O-])c1. The third kappa shape index (κ3) is 2.58. The van der Waals surface area contributed by atoms with Crippen molar-refractivity contribution in [2.75, 3.05) is 11.9 Å². The Kier molecular flexibility index (Phi) is 3.82. The number of carbonyl (C=O) groups is 3. The maximum atomic E-state index is 12.7. The molecule has 1 aromatic carbocycles. The maximum absolute atomic E-state index is 12.7. The van der Waals surface area contributed by atoms with Gasteiger partial charge in [0.25, 0.3) is 5.69 Å². The van der Waals surface area contributed by atoms with Gasteiger partial charge in [0.2, 0.25) is 17.7 Å². The molecule has 1 N–H and O–H groups in total. The third-order valence-corrected chi connectivity index (χ3v) is 5.49. The molecular weight excluding hydrogens is 338 g/mol. The summed E-state index contributed by atoms with van der Waals surface area (Å²) in [7, 11) is 0. The molecule has 1 aromatic rings. The highest BCUT2D eigenvalue weighted by atomic mass is 16.6. The van der Waals surface area contributed by atoms with Crippen molar-refractivity contribution in [3.05, 3.63) is 46.5 Å². The number of likely N-dealkylation sites (tertiary alicyclic amines) is 1. The van der Waals surface area contributed by atoms with Gasteiger partial charge >= 0.3 is 0 Å². The van der Waals surface area contributed by atoms with Crippen molar-refractivity contribution < 1.29 is 19.3 Å². The van der Waals surface area contributed by atoms with Gasteiger partial charge in [0.15, 0.2) is 0 Å². The molecule has 4 atom stereocenters. The van der Waals surface area contributed by atoms with E-state index in [0.29, 0.717) is 0 Å². The van der Waals surface area contributed by atoms with E-state index in [2.05, 4.69) is 5.32 Å². The molecule has 2 bridgehead atoms. The number of nitrogens with zero attached hydrogens (tertiary/aromatic N) is 2. The van der Waals surface area contributed by atoms with Gasteiger partial charge in [-0.15, -0.1) is 0 Å². The molecule has 1 saturated heterocycles. The molecule has 4 aliphatic rings. The summed E-state index contributed by atoms with van der Waals surface area (Å²) < 4.78 is 0. The first-order chi connectivity index (χ1) is 12.5. The maximum Gasteiger partial charge on any atom is 0.271 e. The lowest BCUT2D eigenvalue weighted by atomic mass is 9.63. The first-order valence-corrected chi connectivity index (χ1v) is 8.53. The van der Waals surface area contributed by atoms with Crippen LogP contribution in [0.3, 0.4) is 0 Å². The van der Waals surface area contributed by atoms with Crippen molar-refractivity contribution >= 4 is 29.1 Å². The van der Waals surface area contributed by atoms with Crippen LogP contribution in [0.4, 0.5) is 11.4 Å². The Labute approximate surface area is 149 Å². The van der Waals surface area contributed by atoms with Crippen LogP contribution in [-0.2, 0) is 14.4 Å². The van der Waals surface area contributed by atoms with E-state index in [9.17, 15) is 24.5 Å². The number of fused-ring (bicyclic) bond motifs is 1. The average molecular weight is 355 g/mol. The van der Waals surface area contributed by atoms with Gasteiger partial charge in [0.05, 0.1) is 16.8 Å². The summed E-state index contributed by atoms with van der Waals surface area (Å²) in [5.74, 6) is -1.67. The van der Waals surface area contributed by atoms with Gasteiger partial charge in [-0.2, -0.15) is 0 Å². The quantitative estimate of drug-likeness (QED) is 0.383. The number of rotatable bonds is 4. The third-order valence-electron chi connectivity index (χ3n) is 5.49. The monoisotopic (exact) mass is 355 g/mol. The molecule has 134 valence electrons. The number of benzene rings is 1. The Bertz CT molecular complexity index is 817. The van der Waals surface area contributed by atoms with E-state index in [4.69, 9.17) is 0 Å². The largest absolute Gasteiger partial charge is 0.324 e. The summed E-state index contributed by atoms with van der Waals surface area (Å²) >= 11 is 0. The number of imide groups is 1. The van der Waals surface area contributed by atoms with Crippen LogP contribution in [0.15, 0.2) is 36.4 Å². The Morgan fingerprint density at radius 2 is 1.77 bits per heavy atom. The minimum absolute atomic E-state index is 0.0753. The Morgan fingerprint density at radius 1 is 1.15 bits per heavy atom. The van der Waals surface area contributed by atoms with Crippen LogP contribution in [-0.4, -0.2) is 34.1 Å². The zero-order valence-electron chi connectivity index (χ0n) is 13.8. The molecular formula is C18H17N3O5. The van der Waals surface area contributed by atoms with E-state index in [0.717, 1.165) is 17.7 Å². The minimum atomic E-state index is -0.559. The fourth-order valence-electron chi connectivity index (χ4n) is 4.33. The summed E-state index contributed by atoms with van der Waals surface area (Å²) in [5, 5.41) is 13.3. The number of nitro benzene ring substituents is 1. The van der Waals surface area contributed by atoms with Gasteiger partial charge in [0.1, 0.15) is 6.54 Å². The number of non-ortho nitro benzene ring substituents is 1. The van der Waals surface area contributed by atoms with Gasteiger partial charge < -0.3 is 5.32 Å². The van der Waals surface area contributed by atoms with Crippen molar-refractivity contribution in [2.24, 2.45) is 23.7 Å². The highest BCUT2D eigenvalue weighted by Crippen LogP contribution is 2.49. The van der Waals surface area contributed by atoms with Crippen LogP contribution in [0.5, 0.6) is 0 Å². The van der Waals surface area contributed by atoms with Crippen LogP contribution in [0.25, 0.3) is 0 Å². The van der Waals surface area contributed by atoms with E-state index < -0.39 is 10.8 Å². The number of anilines is 1. The summed E-state index contributed by atoms with van der Waals surface area (Å²) in [5.41, 5.74) is 0.104. The zero-order chi connectivity index (χ0) is 18.4. The smallest absolute Gasteiger partial charge is 0.271 e. The van der Waals surface area contributed by atoms with Gasteiger partial charge in [-0.1, -0.05) is 18.2 Å². The molecule has 1 heterocycles. The van der Waals surface area contributed by atoms with Crippen molar-refractivity contribution in [3.8, 4) is 0 Å². The molecule has 0 radical (unpaired) electrons. The summed E-state index contributed by atoms with van der Waals surface area (Å²) in [6.07, 6.45) is 5.84. The molecule has 1 aliphatic heterocycles. The van der Waals surface area contributed by atoms with E-state index in [1.165, 1.54) is 24.3 Å². The average Bonchev–Trinajstić information content (AvgIpc) is 2.90. The van der Waals surface area contributed by atoms with Crippen LogP contribution in [0.1, 0.15) is 12.8 Å². The predicted molar refractivity (Wildman–Crippen MR) is 90.8 cm³/mol. The lowest BCUT2D eigenvalue weighted by Crippen LogP contribution is -2.38. The van der Waals surface area contributed by atoms with Crippen LogP contribution in [0.2, 0.25) is 0 Å². The summed E-state index contributed by atoms with van der Waals surface area (Å²) in [6, 6.07) is 5.52. The van der Waals surface area contributed by atoms with Crippen LogP contribution < -0.4 is 5.32 Å². The molecule has 3 aliphatic carbocycles. The number of nitro groups is 1. The topological polar surface area (TPSA) is 110 Å². The molecule has 8 heteroatoms. The number of carbonyl (C=O) groups excluding carboxylic acids is 3. The molecule has 8 nitrogen and oxygen atoms in total. The van der Waals surface area contributed by atoms with Gasteiger partial charge in [0, 0.05) is 17.8 Å². The normalized spacial score (nSPS) is 29.0. The first-order valence-electron chi connectivity index (χ1n) is 8.53. The highest BCUT2D eigenvalue weighted by Gasteiger charge is 2.56. The molecule has 2 fully saturated rings. The number of allylic oxidation sites excluding steroid dienone is 2. The fourth-order valence-corrected chi connectivity index (χ4v) is 4.33. The molecule has 0 spiro atoms. The molecule has 5 rings (SSSR count). The summed E-state index contributed by atoms with van der Waals surface area (Å²) in [4.78, 5) is 48.9. The Morgan fingerprint density at radius 3 is 2.31 bits per heavy atom. The van der Waals surface area contributed by atoms with Gasteiger partial charge in [-0.05, 0) is 30.7 Å². The van der Waals surface area contributed by atoms with Gasteiger partial charge in [-0.3, -0.25) is 29.4 Å². The van der Waals surface area contributed by atoms with Crippen molar-refractivity contribution in [3.63, 3.8) is 0 Å². The number of amides is 3. The molecule has 1 saturated carbocycles. The number of hydrogen-bond acceptors (Lipinski definition) is 5. The zero-order valence-corrected chi connectivity index (χ0v) is 13.8. The van der Waals surface area contributed by atoms with Crippen molar-refractivity contribution in [1.29, 1.82) is 0 Å². The van der Waals surface area contributed by atoms with Crippen molar-refractivity contribution in [2.45, 2.75) is 12.8 Å². The lowest BCUT2D eigenvalue weighted by Gasteiger charge is -2.38. The fraction of sp³-hybridized carbons (Fsp3) is 0.389. The summed E-state index contributed by atoms with van der Waals surface area (Å²) in [6.45, 7) is -0.368. The standard InChI is InChI=1S/C18H17N3O5/c22-14(19-12-2-1-3-13(8-12)21(25)26)9-20-17(23)15-10-4-5-11(7-6-10)16(15)18(20)24/h1-5,8,10-11,15-16H,6-7,9H2,(H,19,22). The van der Waals surface area contributed by atoms with Crippen LogP contribution in [0, 0.1) is 33.8 Å². The van der Waals surface area contributed by atoms with E-state index in [-0.39, 0.29) is 53.4 Å². The highest BCUT2D eigenvalue weighted by molar-refractivity contribution is 6.09. The van der Waals surface area contributed by atoms with Crippen LogP contribution >= 0.6 is 0 Å². The Balaban J connectivity index is 1.47. The second kappa shape index (κ2) is 6.05. The predicted octanol–water partition coefficient (Wildman–Crippen LogP) is 1.73.